The highest BCUT2D eigenvalue weighted by atomic mass is 31.2. The van der Waals surface area contributed by atoms with Crippen LogP contribution in [0.5, 0.6) is 0 Å². The van der Waals surface area contributed by atoms with E-state index in [1.165, 1.54) is 7.11 Å². The molecule has 0 aliphatic rings. The predicted octanol–water partition coefficient (Wildman–Crippen LogP) is 3.41. The molecule has 1 aromatic rings. The van der Waals surface area contributed by atoms with Crippen molar-refractivity contribution >= 4 is 24.9 Å². The van der Waals surface area contributed by atoms with Crippen LogP contribution in [-0.4, -0.2) is 60.3 Å². The smallest absolute Gasteiger partial charge is 0.347 e. The number of rotatable bonds is 11. The first-order chi connectivity index (χ1) is 14.1. The largest absolute Gasteiger partial charge is 0.351 e. The van der Waals surface area contributed by atoms with Crippen LogP contribution >= 0.6 is 7.60 Å². The number of carbonyl (C=O) groups excluding carboxylic acids is 1. The van der Waals surface area contributed by atoms with E-state index in [-0.39, 0.29) is 12.1 Å². The molecular weight excluding hydrogens is 431 g/mol. The fourth-order valence-electron chi connectivity index (χ4n) is 2.42. The lowest BCUT2D eigenvalue weighted by Gasteiger charge is -2.36. The molecule has 3 unspecified atom stereocenters. The highest BCUT2D eigenvalue weighted by molar-refractivity contribution is 7.54. The van der Waals surface area contributed by atoms with Gasteiger partial charge >= 0.3 is 7.60 Å². The summed E-state index contributed by atoms with van der Waals surface area (Å²) in [7, 11) is 1.31. The minimum absolute atomic E-state index is 0.0452. The summed E-state index contributed by atoms with van der Waals surface area (Å²) in [5, 5.41) is 24.6. The van der Waals surface area contributed by atoms with Gasteiger partial charge in [-0.3, -0.25) is 34.5 Å². The van der Waals surface area contributed by atoms with E-state index in [0.717, 1.165) is 18.2 Å². The van der Waals surface area contributed by atoms with E-state index in [2.05, 4.69) is 5.32 Å². The molecule has 1 aromatic carbocycles. The Morgan fingerprint density at radius 2 is 1.65 bits per heavy atom. The highest BCUT2D eigenvalue weighted by Gasteiger charge is 2.39. The second kappa shape index (κ2) is 10.3. The SMILES string of the molecule is COP(=O)(OC(C)C(C)(C)CNC(=O)c1cc([N+](=O)[O-])cc([N+](=O)[O-])c1)C(C)N(C)C. The molecule has 1 rings (SSSR count). The maximum Gasteiger partial charge on any atom is 0.347 e. The minimum Gasteiger partial charge on any atom is -0.351 e. The number of nitro benzene ring substituents is 2. The average Bonchev–Trinajstić information content (AvgIpc) is 2.70. The van der Waals surface area contributed by atoms with E-state index in [0.29, 0.717) is 0 Å². The van der Waals surface area contributed by atoms with E-state index in [1.807, 2.05) is 0 Å². The summed E-state index contributed by atoms with van der Waals surface area (Å²) in [4.78, 5) is 34.6. The summed E-state index contributed by atoms with van der Waals surface area (Å²) in [6, 6.07) is 2.71. The van der Waals surface area contributed by atoms with Crippen molar-refractivity contribution in [1.29, 1.82) is 0 Å². The van der Waals surface area contributed by atoms with Crippen LogP contribution in [0.4, 0.5) is 11.4 Å². The molecule has 0 spiro atoms. The summed E-state index contributed by atoms with van der Waals surface area (Å²) in [6.07, 6.45) is -0.611. The van der Waals surface area contributed by atoms with Crippen molar-refractivity contribution in [2.75, 3.05) is 27.7 Å². The zero-order valence-electron chi connectivity index (χ0n) is 18.6. The van der Waals surface area contributed by atoms with Gasteiger partial charge in [-0.2, -0.15) is 0 Å². The van der Waals surface area contributed by atoms with E-state index in [4.69, 9.17) is 9.05 Å². The lowest BCUT2D eigenvalue weighted by atomic mass is 9.87. The summed E-state index contributed by atoms with van der Waals surface area (Å²) in [6.45, 7) is 6.99. The molecule has 1 amide bonds. The highest BCUT2D eigenvalue weighted by Crippen LogP contribution is 2.55. The van der Waals surface area contributed by atoms with Crippen LogP contribution < -0.4 is 5.32 Å². The van der Waals surface area contributed by atoms with Crippen LogP contribution in [0.2, 0.25) is 0 Å². The van der Waals surface area contributed by atoms with Crippen LogP contribution in [0.3, 0.4) is 0 Å². The van der Waals surface area contributed by atoms with E-state index in [9.17, 15) is 29.6 Å². The first-order valence-corrected chi connectivity index (χ1v) is 11.0. The molecule has 0 aliphatic carbocycles. The molecule has 0 radical (unpaired) electrons. The molecule has 12 nitrogen and oxygen atoms in total. The van der Waals surface area contributed by atoms with Gasteiger partial charge in [-0.25, -0.2) is 0 Å². The molecule has 0 heterocycles. The van der Waals surface area contributed by atoms with Gasteiger partial charge in [-0.05, 0) is 27.9 Å². The van der Waals surface area contributed by atoms with Crippen LogP contribution in [0, 0.1) is 25.6 Å². The average molecular weight is 460 g/mol. The van der Waals surface area contributed by atoms with Crippen molar-refractivity contribution in [3.8, 4) is 0 Å². The van der Waals surface area contributed by atoms with Gasteiger partial charge < -0.3 is 14.4 Å². The topological polar surface area (TPSA) is 154 Å². The number of hydrogen-bond acceptors (Lipinski definition) is 9. The molecule has 0 saturated heterocycles. The molecule has 31 heavy (non-hydrogen) atoms. The maximum absolute atomic E-state index is 13.0. The van der Waals surface area contributed by atoms with Crippen molar-refractivity contribution in [2.24, 2.45) is 5.41 Å². The second-order valence-corrected chi connectivity index (χ2v) is 10.4. The first-order valence-electron chi connectivity index (χ1n) is 9.37. The molecule has 0 aromatic heterocycles. The molecule has 13 heteroatoms. The lowest BCUT2D eigenvalue weighted by molar-refractivity contribution is -0.394. The van der Waals surface area contributed by atoms with Gasteiger partial charge in [0.05, 0.1) is 27.6 Å². The van der Waals surface area contributed by atoms with Gasteiger partial charge in [-0.1, -0.05) is 13.8 Å². The van der Waals surface area contributed by atoms with Crippen LogP contribution in [0.15, 0.2) is 18.2 Å². The quantitative estimate of drug-likeness (QED) is 0.297. The third-order valence-corrected chi connectivity index (χ3v) is 7.65. The van der Waals surface area contributed by atoms with Gasteiger partial charge in [0, 0.05) is 31.2 Å². The maximum atomic E-state index is 13.0. The third kappa shape index (κ3) is 6.79. The lowest BCUT2D eigenvalue weighted by Crippen LogP contribution is -2.42. The molecule has 0 saturated carbocycles. The van der Waals surface area contributed by atoms with Crippen molar-refractivity contribution in [1.82, 2.24) is 10.2 Å². The van der Waals surface area contributed by atoms with Gasteiger partial charge in [0.15, 0.2) is 0 Å². The van der Waals surface area contributed by atoms with E-state index in [1.54, 1.807) is 46.7 Å². The normalized spacial score (nSPS) is 15.7. The zero-order chi connectivity index (χ0) is 24.1. The fraction of sp³-hybridized carbons (Fsp3) is 0.611. The number of non-ortho nitro benzene ring substituents is 2. The Bertz CT molecular complexity index is 857. The Hall–Kier alpha value is -2.40. The molecular formula is C18H29N4O8P. The predicted molar refractivity (Wildman–Crippen MR) is 114 cm³/mol. The Morgan fingerprint density at radius 1 is 1.16 bits per heavy atom. The van der Waals surface area contributed by atoms with E-state index < -0.39 is 52.0 Å². The third-order valence-electron chi connectivity index (χ3n) is 5.16. The Kier molecular flexibility index (Phi) is 8.83. The van der Waals surface area contributed by atoms with E-state index >= 15 is 0 Å². The molecule has 0 aliphatic heterocycles. The van der Waals surface area contributed by atoms with Crippen LogP contribution in [0.1, 0.15) is 38.1 Å². The Labute approximate surface area is 180 Å². The number of benzene rings is 1. The van der Waals surface area contributed by atoms with Gasteiger partial charge in [0.25, 0.3) is 17.3 Å². The second-order valence-electron chi connectivity index (χ2n) is 7.99. The summed E-state index contributed by atoms with van der Waals surface area (Å²) < 4.78 is 24.0. The number of carbonyl (C=O) groups is 1. The molecule has 1 N–H and O–H groups in total. The number of amides is 1. The van der Waals surface area contributed by atoms with Gasteiger partial charge in [0.2, 0.25) is 0 Å². The summed E-state index contributed by atoms with van der Waals surface area (Å²) >= 11 is 0. The Morgan fingerprint density at radius 3 is 2.03 bits per heavy atom. The number of nitrogens with one attached hydrogen (secondary N) is 1. The molecule has 0 fully saturated rings. The monoisotopic (exact) mass is 460 g/mol. The number of nitrogens with zero attached hydrogens (tertiary/aromatic N) is 3. The Balaban J connectivity index is 2.98. The number of nitro groups is 2. The molecule has 174 valence electrons. The van der Waals surface area contributed by atoms with Crippen molar-refractivity contribution < 1.29 is 28.3 Å². The van der Waals surface area contributed by atoms with Crippen molar-refractivity contribution in [3.05, 3.63) is 44.0 Å². The van der Waals surface area contributed by atoms with Crippen LogP contribution in [0.25, 0.3) is 0 Å². The molecule has 3 atom stereocenters. The number of hydrogen-bond donors (Lipinski definition) is 1. The first kappa shape index (κ1) is 26.6. The van der Waals surface area contributed by atoms with Gasteiger partial charge in [0.1, 0.15) is 5.78 Å². The zero-order valence-corrected chi connectivity index (χ0v) is 19.5. The standard InChI is InChI=1S/C18H29N4O8P/c1-12(30-31(28,29-7)13(2)20(5)6)18(3,4)11-19-17(23)14-8-15(21(24)25)10-16(9-14)22(26)27/h8-10,12-13H,11H2,1-7H3,(H,19,23). The van der Waals surface area contributed by atoms with Crippen molar-refractivity contribution in [2.45, 2.75) is 39.6 Å². The minimum atomic E-state index is -3.48. The fourth-order valence-corrected chi connectivity index (χ4v) is 4.28. The van der Waals surface area contributed by atoms with Crippen molar-refractivity contribution in [3.63, 3.8) is 0 Å². The summed E-state index contributed by atoms with van der Waals surface area (Å²) in [5.74, 6) is -1.22. The van der Waals surface area contributed by atoms with Gasteiger partial charge in [-0.15, -0.1) is 0 Å². The summed E-state index contributed by atoms with van der Waals surface area (Å²) in [5.41, 5.74) is -2.06. The van der Waals surface area contributed by atoms with Crippen LogP contribution in [-0.2, 0) is 13.6 Å². The molecule has 0 bridgehead atoms.